The van der Waals surface area contributed by atoms with E-state index >= 15 is 0 Å². The van der Waals surface area contributed by atoms with Gasteiger partial charge in [-0.3, -0.25) is 9.59 Å². The van der Waals surface area contributed by atoms with Crippen LogP contribution in [0.25, 0.3) is 5.69 Å². The number of carbonyl (C=O) groups is 2. The monoisotopic (exact) mass is 459 g/mol. The number of Topliss-reactive ketones (excluding diaryl/α,β-unsaturated/α-hetero) is 1. The van der Waals surface area contributed by atoms with Crippen molar-refractivity contribution in [3.05, 3.63) is 83.4 Å². The van der Waals surface area contributed by atoms with E-state index in [4.69, 9.17) is 0 Å². The number of para-hydroxylation sites is 1. The number of alkyl halides is 3. The molecule has 0 atom stereocenters. The maximum Gasteiger partial charge on any atom is 0.417 e. The van der Waals surface area contributed by atoms with Gasteiger partial charge in [0, 0.05) is 25.2 Å². The number of piperidine rings is 1. The molecule has 2 heterocycles. The summed E-state index contributed by atoms with van der Waals surface area (Å²) in [4.78, 5) is 26.8. The smallest absolute Gasteiger partial charge is 0.339 e. The largest absolute Gasteiger partial charge is 0.417 e. The van der Waals surface area contributed by atoms with E-state index in [1.165, 1.54) is 33.8 Å². The Kier molecular flexibility index (Phi) is 6.31. The Morgan fingerprint density at radius 2 is 1.64 bits per heavy atom. The molecular formula is C24H21F4N3O2. The van der Waals surface area contributed by atoms with Gasteiger partial charge >= 0.3 is 6.18 Å². The summed E-state index contributed by atoms with van der Waals surface area (Å²) in [5.74, 6) is -1.48. The first-order chi connectivity index (χ1) is 15.7. The predicted molar refractivity (Wildman–Crippen MR) is 112 cm³/mol. The summed E-state index contributed by atoms with van der Waals surface area (Å²) in [5.41, 5.74) is -0.560. The number of nitrogens with zero attached hydrogens (tertiary/aromatic N) is 3. The molecule has 1 saturated heterocycles. The van der Waals surface area contributed by atoms with Gasteiger partial charge in [0.05, 0.1) is 23.2 Å². The normalized spacial score (nSPS) is 15.0. The third-order valence-corrected chi connectivity index (χ3v) is 5.80. The van der Waals surface area contributed by atoms with Gasteiger partial charge in [0.2, 0.25) is 0 Å². The van der Waals surface area contributed by atoms with Crippen LogP contribution >= 0.6 is 0 Å². The molecule has 33 heavy (non-hydrogen) atoms. The van der Waals surface area contributed by atoms with Crippen molar-refractivity contribution >= 4 is 11.7 Å². The SMILES string of the molecule is O=C(Cc1ccn(-c2ccccc2F)n1)C1CCN(C(=O)c2ccccc2C(F)(F)F)CC1. The lowest BCUT2D eigenvalue weighted by Gasteiger charge is -2.32. The molecule has 0 aliphatic carbocycles. The second-order valence-corrected chi connectivity index (χ2v) is 7.96. The molecule has 0 spiro atoms. The summed E-state index contributed by atoms with van der Waals surface area (Å²) in [6.45, 7) is 0.399. The molecule has 0 bridgehead atoms. The zero-order valence-electron chi connectivity index (χ0n) is 17.6. The number of hydrogen-bond donors (Lipinski definition) is 0. The predicted octanol–water partition coefficient (Wildman–Crippen LogP) is 4.69. The van der Waals surface area contributed by atoms with Crippen LogP contribution < -0.4 is 0 Å². The molecule has 1 aliphatic rings. The molecule has 1 fully saturated rings. The topological polar surface area (TPSA) is 55.2 Å². The number of likely N-dealkylation sites (tertiary alicyclic amines) is 1. The van der Waals surface area contributed by atoms with Crippen LogP contribution in [-0.2, 0) is 17.4 Å². The third-order valence-electron chi connectivity index (χ3n) is 5.80. The Morgan fingerprint density at radius 3 is 2.33 bits per heavy atom. The molecule has 9 heteroatoms. The third kappa shape index (κ3) is 4.97. The lowest BCUT2D eigenvalue weighted by atomic mass is 9.90. The number of carbonyl (C=O) groups excluding carboxylic acids is 2. The van der Waals surface area contributed by atoms with Gasteiger partial charge in [0.25, 0.3) is 5.91 Å². The van der Waals surface area contributed by atoms with Crippen molar-refractivity contribution in [1.29, 1.82) is 0 Å². The first kappa shape index (κ1) is 22.7. The fraction of sp³-hybridized carbons (Fsp3) is 0.292. The number of amides is 1. The van der Waals surface area contributed by atoms with Gasteiger partial charge in [-0.05, 0) is 43.2 Å². The van der Waals surface area contributed by atoms with Crippen LogP contribution in [0.5, 0.6) is 0 Å². The van der Waals surface area contributed by atoms with Crippen molar-refractivity contribution in [3.63, 3.8) is 0 Å². The average Bonchev–Trinajstić information content (AvgIpc) is 3.26. The highest BCUT2D eigenvalue weighted by molar-refractivity contribution is 5.96. The highest BCUT2D eigenvalue weighted by Gasteiger charge is 2.37. The molecule has 1 aromatic heterocycles. The summed E-state index contributed by atoms with van der Waals surface area (Å²) < 4.78 is 55.0. The Balaban J connectivity index is 1.37. The first-order valence-electron chi connectivity index (χ1n) is 10.5. The van der Waals surface area contributed by atoms with Gasteiger partial charge in [0.15, 0.2) is 0 Å². The maximum atomic E-state index is 13.9. The van der Waals surface area contributed by atoms with Gasteiger partial charge in [-0.2, -0.15) is 18.3 Å². The van der Waals surface area contributed by atoms with Crippen molar-refractivity contribution in [3.8, 4) is 5.69 Å². The van der Waals surface area contributed by atoms with E-state index < -0.39 is 23.5 Å². The van der Waals surface area contributed by atoms with Crippen LogP contribution in [0, 0.1) is 11.7 Å². The summed E-state index contributed by atoms with van der Waals surface area (Å²) in [6, 6.07) is 12.5. The summed E-state index contributed by atoms with van der Waals surface area (Å²) >= 11 is 0. The van der Waals surface area contributed by atoms with E-state index in [2.05, 4.69) is 5.10 Å². The molecule has 1 aliphatic heterocycles. The number of rotatable bonds is 5. The van der Waals surface area contributed by atoms with Crippen molar-refractivity contribution < 1.29 is 27.2 Å². The van der Waals surface area contributed by atoms with Gasteiger partial charge < -0.3 is 4.90 Å². The number of benzene rings is 2. The molecule has 4 rings (SSSR count). The van der Waals surface area contributed by atoms with E-state index in [0.29, 0.717) is 18.5 Å². The lowest BCUT2D eigenvalue weighted by molar-refractivity contribution is -0.138. The number of halogens is 4. The van der Waals surface area contributed by atoms with Crippen molar-refractivity contribution in [2.45, 2.75) is 25.4 Å². The molecule has 3 aromatic rings. The van der Waals surface area contributed by atoms with Crippen molar-refractivity contribution in [2.24, 2.45) is 5.92 Å². The van der Waals surface area contributed by atoms with Crippen LogP contribution in [-0.4, -0.2) is 39.5 Å². The Hall–Kier alpha value is -3.49. The summed E-state index contributed by atoms with van der Waals surface area (Å²) in [6.07, 6.45) is -2.23. The van der Waals surface area contributed by atoms with Crippen LogP contribution in [0.15, 0.2) is 60.8 Å². The van der Waals surface area contributed by atoms with Crippen LogP contribution in [0.3, 0.4) is 0 Å². The summed E-state index contributed by atoms with van der Waals surface area (Å²) in [5, 5.41) is 4.28. The van der Waals surface area contributed by atoms with Crippen molar-refractivity contribution in [1.82, 2.24) is 14.7 Å². The Labute approximate surface area is 187 Å². The highest BCUT2D eigenvalue weighted by Crippen LogP contribution is 2.33. The molecule has 2 aromatic carbocycles. The van der Waals surface area contributed by atoms with Crippen molar-refractivity contribution in [2.75, 3.05) is 13.1 Å². The fourth-order valence-electron chi connectivity index (χ4n) is 4.04. The minimum absolute atomic E-state index is 0.0587. The molecule has 1 amide bonds. The van der Waals surface area contributed by atoms with Crippen LogP contribution in [0.4, 0.5) is 17.6 Å². The molecular weight excluding hydrogens is 438 g/mol. The number of hydrogen-bond acceptors (Lipinski definition) is 3. The zero-order valence-corrected chi connectivity index (χ0v) is 17.6. The van der Waals surface area contributed by atoms with Gasteiger partial charge in [0.1, 0.15) is 17.3 Å². The summed E-state index contributed by atoms with van der Waals surface area (Å²) in [7, 11) is 0. The molecule has 5 nitrogen and oxygen atoms in total. The van der Waals surface area contributed by atoms with Crippen LogP contribution in [0.2, 0.25) is 0 Å². The highest BCUT2D eigenvalue weighted by atomic mass is 19.4. The van der Waals surface area contributed by atoms with E-state index in [9.17, 15) is 27.2 Å². The quantitative estimate of drug-likeness (QED) is 0.520. The van der Waals surface area contributed by atoms with Gasteiger partial charge in [-0.15, -0.1) is 0 Å². The second-order valence-electron chi connectivity index (χ2n) is 7.96. The molecule has 0 saturated carbocycles. The minimum atomic E-state index is -4.62. The maximum absolute atomic E-state index is 13.9. The molecule has 0 radical (unpaired) electrons. The fourth-order valence-corrected chi connectivity index (χ4v) is 4.04. The standard InChI is InChI=1S/C24H21F4N3O2/c25-20-7-3-4-8-21(20)31-14-11-17(29-31)15-22(32)16-9-12-30(13-10-16)23(33)18-5-1-2-6-19(18)24(26,27)28/h1-8,11,14,16H,9-10,12-13,15H2. The molecule has 172 valence electrons. The van der Waals surface area contributed by atoms with Gasteiger partial charge in [-0.1, -0.05) is 24.3 Å². The lowest BCUT2D eigenvalue weighted by Crippen LogP contribution is -2.41. The average molecular weight is 459 g/mol. The Bertz CT molecular complexity index is 1160. The first-order valence-corrected chi connectivity index (χ1v) is 10.5. The van der Waals surface area contributed by atoms with E-state index in [1.807, 2.05) is 0 Å². The zero-order chi connectivity index (χ0) is 23.6. The Morgan fingerprint density at radius 1 is 0.970 bits per heavy atom. The molecule has 0 N–H and O–H groups in total. The van der Waals surface area contributed by atoms with E-state index in [0.717, 1.165) is 6.07 Å². The van der Waals surface area contributed by atoms with Gasteiger partial charge in [-0.25, -0.2) is 9.07 Å². The number of ketones is 1. The van der Waals surface area contributed by atoms with E-state index in [-0.39, 0.29) is 42.5 Å². The number of aromatic nitrogens is 2. The van der Waals surface area contributed by atoms with E-state index in [1.54, 1.807) is 30.5 Å². The molecule has 0 unspecified atom stereocenters. The van der Waals surface area contributed by atoms with Crippen LogP contribution in [0.1, 0.15) is 34.5 Å². The minimum Gasteiger partial charge on any atom is -0.339 e. The second kappa shape index (κ2) is 9.17.